The van der Waals surface area contributed by atoms with Gasteiger partial charge in [0.25, 0.3) is 0 Å². The van der Waals surface area contributed by atoms with Crippen LogP contribution in [0, 0.1) is 6.42 Å². The number of hydrogen-bond donors (Lipinski definition) is 0. The lowest BCUT2D eigenvalue weighted by Gasteiger charge is -1.83. The average Bonchev–Trinajstić information content (AvgIpc) is 1.81. The summed E-state index contributed by atoms with van der Waals surface area (Å²) >= 11 is 0. The number of hydrogen-bond acceptors (Lipinski definition) is 0. The Morgan fingerprint density at radius 2 is 2.12 bits per heavy atom. The summed E-state index contributed by atoms with van der Waals surface area (Å²) < 4.78 is 0. The fourth-order valence-corrected chi connectivity index (χ4v) is 0.420. The Morgan fingerprint density at radius 3 is 2.62 bits per heavy atom. The molecule has 0 amide bonds. The molecule has 0 aromatic heterocycles. The SMILES string of the molecule is C=C/C=C\[CH]CCC. The summed E-state index contributed by atoms with van der Waals surface area (Å²) in [6.45, 7) is 5.72. The molecule has 0 aliphatic heterocycles. The summed E-state index contributed by atoms with van der Waals surface area (Å²) in [6.07, 6.45) is 10.3. The van der Waals surface area contributed by atoms with Crippen LogP contribution in [0.4, 0.5) is 0 Å². The number of rotatable bonds is 4. The van der Waals surface area contributed by atoms with Gasteiger partial charge in [0.2, 0.25) is 0 Å². The lowest BCUT2D eigenvalue weighted by Crippen LogP contribution is -1.65. The van der Waals surface area contributed by atoms with Gasteiger partial charge in [-0.1, -0.05) is 38.2 Å². The van der Waals surface area contributed by atoms with Crippen LogP contribution in [0.5, 0.6) is 0 Å². The molecule has 0 saturated carbocycles. The largest absolute Gasteiger partial charge is 0.0991 e. The standard InChI is InChI=1S/C8H13/c1-3-5-7-8-6-4-2/h3,5,7-8H,1,4,6H2,2H3/b7-5-. The second-order valence-electron chi connectivity index (χ2n) is 1.64. The van der Waals surface area contributed by atoms with E-state index in [1.54, 1.807) is 6.08 Å². The second kappa shape index (κ2) is 6.48. The van der Waals surface area contributed by atoms with Crippen molar-refractivity contribution in [3.8, 4) is 0 Å². The van der Waals surface area contributed by atoms with Crippen molar-refractivity contribution in [3.63, 3.8) is 0 Å². The molecule has 8 heavy (non-hydrogen) atoms. The Hall–Kier alpha value is -0.520. The topological polar surface area (TPSA) is 0 Å². The van der Waals surface area contributed by atoms with Gasteiger partial charge in [-0.05, 0) is 12.8 Å². The van der Waals surface area contributed by atoms with Crippen LogP contribution in [0.25, 0.3) is 0 Å². The van der Waals surface area contributed by atoms with Gasteiger partial charge in [-0.25, -0.2) is 0 Å². The second-order valence-corrected chi connectivity index (χ2v) is 1.64. The van der Waals surface area contributed by atoms with Crippen molar-refractivity contribution in [2.45, 2.75) is 19.8 Å². The van der Waals surface area contributed by atoms with Crippen molar-refractivity contribution in [1.82, 2.24) is 0 Å². The minimum Gasteiger partial charge on any atom is -0.0991 e. The van der Waals surface area contributed by atoms with Crippen molar-refractivity contribution in [2.75, 3.05) is 0 Å². The fourth-order valence-electron chi connectivity index (χ4n) is 0.420. The molecule has 0 N–H and O–H groups in total. The molecule has 0 heteroatoms. The van der Waals surface area contributed by atoms with E-state index in [1.165, 1.54) is 12.8 Å². The maximum atomic E-state index is 3.55. The Balaban J connectivity index is 2.91. The van der Waals surface area contributed by atoms with Crippen molar-refractivity contribution < 1.29 is 0 Å². The van der Waals surface area contributed by atoms with E-state index in [-0.39, 0.29) is 0 Å². The third-order valence-corrected chi connectivity index (χ3v) is 0.839. The van der Waals surface area contributed by atoms with E-state index in [1.807, 2.05) is 12.2 Å². The molecule has 0 aromatic carbocycles. The molecule has 0 bridgehead atoms. The Kier molecular flexibility index (Phi) is 6.06. The molecule has 1 radical (unpaired) electrons. The van der Waals surface area contributed by atoms with Crippen LogP contribution in [-0.2, 0) is 0 Å². The summed E-state index contributed by atoms with van der Waals surface area (Å²) in [4.78, 5) is 0. The Labute approximate surface area is 51.9 Å². The zero-order chi connectivity index (χ0) is 6.24. The van der Waals surface area contributed by atoms with Gasteiger partial charge < -0.3 is 0 Å². The summed E-state index contributed by atoms with van der Waals surface area (Å²) in [6, 6.07) is 0. The molecule has 0 aliphatic carbocycles. The van der Waals surface area contributed by atoms with Gasteiger partial charge >= 0.3 is 0 Å². The van der Waals surface area contributed by atoms with E-state index in [9.17, 15) is 0 Å². The van der Waals surface area contributed by atoms with Crippen LogP contribution in [0.3, 0.4) is 0 Å². The minimum absolute atomic E-state index is 1.17. The highest BCUT2D eigenvalue weighted by atomic mass is 13.8. The molecular formula is C8H13. The molecule has 0 aliphatic rings. The molecule has 0 saturated heterocycles. The monoisotopic (exact) mass is 109 g/mol. The maximum absolute atomic E-state index is 3.55. The summed E-state index contributed by atoms with van der Waals surface area (Å²) in [5.41, 5.74) is 0. The quantitative estimate of drug-likeness (QED) is 0.384. The highest BCUT2D eigenvalue weighted by molar-refractivity contribution is 5.03. The third kappa shape index (κ3) is 5.48. The van der Waals surface area contributed by atoms with Gasteiger partial charge in [0.1, 0.15) is 0 Å². The zero-order valence-corrected chi connectivity index (χ0v) is 5.43. The van der Waals surface area contributed by atoms with E-state index in [0.29, 0.717) is 0 Å². The molecule has 0 nitrogen and oxygen atoms in total. The Morgan fingerprint density at radius 1 is 1.38 bits per heavy atom. The van der Waals surface area contributed by atoms with E-state index >= 15 is 0 Å². The lowest BCUT2D eigenvalue weighted by molar-refractivity contribution is 0.923. The van der Waals surface area contributed by atoms with Crippen LogP contribution in [0.15, 0.2) is 24.8 Å². The van der Waals surface area contributed by atoms with Crippen molar-refractivity contribution >= 4 is 0 Å². The van der Waals surface area contributed by atoms with Crippen molar-refractivity contribution in [1.29, 1.82) is 0 Å². The molecule has 0 heterocycles. The first kappa shape index (κ1) is 7.48. The lowest BCUT2D eigenvalue weighted by atomic mass is 10.2. The summed E-state index contributed by atoms with van der Waals surface area (Å²) in [7, 11) is 0. The van der Waals surface area contributed by atoms with E-state index in [2.05, 4.69) is 19.9 Å². The van der Waals surface area contributed by atoms with Gasteiger partial charge in [0.15, 0.2) is 0 Å². The maximum Gasteiger partial charge on any atom is -0.0167 e. The van der Waals surface area contributed by atoms with Crippen molar-refractivity contribution in [2.24, 2.45) is 0 Å². The molecule has 0 fully saturated rings. The first-order valence-electron chi connectivity index (χ1n) is 3.02. The van der Waals surface area contributed by atoms with E-state index < -0.39 is 0 Å². The van der Waals surface area contributed by atoms with Gasteiger partial charge in [0, 0.05) is 0 Å². The molecule has 0 rings (SSSR count). The molecular weight excluding hydrogens is 96.1 g/mol. The third-order valence-electron chi connectivity index (χ3n) is 0.839. The first-order chi connectivity index (χ1) is 3.91. The van der Waals surface area contributed by atoms with Gasteiger partial charge in [0.05, 0.1) is 0 Å². The highest BCUT2D eigenvalue weighted by Gasteiger charge is 1.74. The van der Waals surface area contributed by atoms with Crippen LogP contribution in [0.1, 0.15) is 19.8 Å². The van der Waals surface area contributed by atoms with E-state index in [4.69, 9.17) is 0 Å². The molecule has 0 spiro atoms. The van der Waals surface area contributed by atoms with Crippen LogP contribution < -0.4 is 0 Å². The van der Waals surface area contributed by atoms with Crippen LogP contribution >= 0.6 is 0 Å². The van der Waals surface area contributed by atoms with Gasteiger partial charge in [-0.15, -0.1) is 0 Å². The smallest absolute Gasteiger partial charge is 0.0167 e. The predicted octanol–water partition coefficient (Wildman–Crippen LogP) is 2.73. The van der Waals surface area contributed by atoms with Crippen molar-refractivity contribution in [3.05, 3.63) is 31.2 Å². The summed E-state index contributed by atoms with van der Waals surface area (Å²) in [5, 5.41) is 0. The molecule has 0 atom stereocenters. The Bertz CT molecular complexity index is 70.1. The van der Waals surface area contributed by atoms with E-state index in [0.717, 1.165) is 0 Å². The minimum atomic E-state index is 1.17. The zero-order valence-electron chi connectivity index (χ0n) is 5.43. The normalized spacial score (nSPS) is 10.1. The number of allylic oxidation sites excluding steroid dienone is 3. The molecule has 45 valence electrons. The average molecular weight is 109 g/mol. The van der Waals surface area contributed by atoms with Crippen LogP contribution in [0.2, 0.25) is 0 Å². The number of unbranched alkanes of at least 4 members (excludes halogenated alkanes) is 2. The molecule has 0 unspecified atom stereocenters. The molecule has 0 aromatic rings. The predicted molar refractivity (Wildman–Crippen MR) is 38.5 cm³/mol. The summed E-state index contributed by atoms with van der Waals surface area (Å²) in [5.74, 6) is 0. The van der Waals surface area contributed by atoms with Gasteiger partial charge in [-0.2, -0.15) is 0 Å². The highest BCUT2D eigenvalue weighted by Crippen LogP contribution is 1.92. The fraction of sp³-hybridized carbons (Fsp3) is 0.375. The van der Waals surface area contributed by atoms with Gasteiger partial charge in [-0.3, -0.25) is 0 Å². The van der Waals surface area contributed by atoms with Crippen LogP contribution in [-0.4, -0.2) is 0 Å². The first-order valence-corrected chi connectivity index (χ1v) is 3.02.